The van der Waals surface area contributed by atoms with Crippen molar-refractivity contribution in [2.24, 2.45) is 0 Å². The normalized spacial score (nSPS) is 15.1. The van der Waals surface area contributed by atoms with Crippen molar-refractivity contribution < 1.29 is 14.4 Å². The van der Waals surface area contributed by atoms with Crippen LogP contribution < -0.4 is 10.6 Å². The third kappa shape index (κ3) is 5.38. The third-order valence-corrected chi connectivity index (χ3v) is 6.70. The summed E-state index contributed by atoms with van der Waals surface area (Å²) >= 11 is 1.58. The van der Waals surface area contributed by atoms with Gasteiger partial charge in [-0.3, -0.25) is 14.4 Å². The highest BCUT2D eigenvalue weighted by molar-refractivity contribution is 8.00. The lowest BCUT2D eigenvalue weighted by Crippen LogP contribution is -2.27. The molecule has 0 bridgehead atoms. The van der Waals surface area contributed by atoms with Crippen molar-refractivity contribution in [1.29, 1.82) is 0 Å². The van der Waals surface area contributed by atoms with Crippen molar-refractivity contribution in [3.63, 3.8) is 0 Å². The van der Waals surface area contributed by atoms with Gasteiger partial charge in [0.1, 0.15) is 5.37 Å². The SMILES string of the molecule is C=CCNC(=O)c1ccccc1NC(=O)c1ccc([C@H]2SCC(=O)N2Cc2ccccc2)cc1. The van der Waals surface area contributed by atoms with Crippen LogP contribution in [0.1, 0.15) is 37.2 Å². The number of anilines is 1. The Balaban J connectivity index is 1.47. The summed E-state index contributed by atoms with van der Waals surface area (Å²) < 4.78 is 0. The van der Waals surface area contributed by atoms with Crippen LogP contribution in [0.4, 0.5) is 5.69 Å². The average molecular weight is 472 g/mol. The van der Waals surface area contributed by atoms with Crippen LogP contribution in [0.15, 0.2) is 91.5 Å². The minimum Gasteiger partial charge on any atom is -0.349 e. The number of para-hydroxylation sites is 1. The smallest absolute Gasteiger partial charge is 0.255 e. The molecule has 34 heavy (non-hydrogen) atoms. The Morgan fingerprint density at radius 1 is 0.971 bits per heavy atom. The molecule has 0 spiro atoms. The summed E-state index contributed by atoms with van der Waals surface area (Å²) in [7, 11) is 0. The molecule has 4 rings (SSSR count). The fraction of sp³-hybridized carbons (Fsp3) is 0.148. The standard InChI is InChI=1S/C27H25N3O3S/c1-2-16-28-26(33)22-10-6-7-11-23(22)29-25(32)20-12-14-21(15-13-20)27-30(24(31)18-34-27)17-19-8-4-3-5-9-19/h2-15,27H,1,16-18H2,(H,28,33)(H,29,32)/t27-/m1/s1. The van der Waals surface area contributed by atoms with E-state index < -0.39 is 0 Å². The molecule has 1 saturated heterocycles. The molecule has 7 heteroatoms. The number of carbonyl (C=O) groups excluding carboxylic acids is 3. The van der Waals surface area contributed by atoms with Gasteiger partial charge in [-0.25, -0.2) is 0 Å². The fourth-order valence-electron chi connectivity index (χ4n) is 3.73. The molecule has 6 nitrogen and oxygen atoms in total. The zero-order valence-electron chi connectivity index (χ0n) is 18.6. The van der Waals surface area contributed by atoms with Gasteiger partial charge in [-0.05, 0) is 35.4 Å². The second-order valence-electron chi connectivity index (χ2n) is 7.79. The van der Waals surface area contributed by atoms with E-state index in [1.54, 1.807) is 54.2 Å². The summed E-state index contributed by atoms with van der Waals surface area (Å²) in [5.74, 6) is -0.0591. The topological polar surface area (TPSA) is 78.5 Å². The van der Waals surface area contributed by atoms with Gasteiger partial charge < -0.3 is 15.5 Å². The van der Waals surface area contributed by atoms with Gasteiger partial charge in [-0.15, -0.1) is 18.3 Å². The highest BCUT2D eigenvalue weighted by atomic mass is 32.2. The summed E-state index contributed by atoms with van der Waals surface area (Å²) in [6, 6.07) is 24.0. The van der Waals surface area contributed by atoms with E-state index in [0.29, 0.717) is 35.7 Å². The van der Waals surface area contributed by atoms with E-state index in [9.17, 15) is 14.4 Å². The summed E-state index contributed by atoms with van der Waals surface area (Å²) in [6.07, 6.45) is 1.60. The molecular formula is C27H25N3O3S. The van der Waals surface area contributed by atoms with E-state index in [1.165, 1.54) is 0 Å². The second kappa shape index (κ2) is 10.9. The average Bonchev–Trinajstić information content (AvgIpc) is 3.23. The molecule has 1 aliphatic heterocycles. The Kier molecular flexibility index (Phi) is 7.44. The Labute approximate surface area is 203 Å². The number of hydrogen-bond donors (Lipinski definition) is 2. The molecule has 0 saturated carbocycles. The van der Waals surface area contributed by atoms with Gasteiger partial charge in [0.15, 0.2) is 0 Å². The van der Waals surface area contributed by atoms with Gasteiger partial charge in [0, 0.05) is 18.7 Å². The van der Waals surface area contributed by atoms with E-state index in [-0.39, 0.29) is 23.1 Å². The molecule has 0 unspecified atom stereocenters. The number of thioether (sulfide) groups is 1. The maximum Gasteiger partial charge on any atom is 0.255 e. The fourth-order valence-corrected chi connectivity index (χ4v) is 4.91. The van der Waals surface area contributed by atoms with E-state index in [1.807, 2.05) is 47.4 Å². The van der Waals surface area contributed by atoms with Gasteiger partial charge in [0.2, 0.25) is 5.91 Å². The number of rotatable bonds is 8. The van der Waals surface area contributed by atoms with Crippen LogP contribution in [0.25, 0.3) is 0 Å². The van der Waals surface area contributed by atoms with Crippen molar-refractivity contribution in [2.75, 3.05) is 17.6 Å². The third-order valence-electron chi connectivity index (χ3n) is 5.45. The molecule has 2 N–H and O–H groups in total. The second-order valence-corrected chi connectivity index (χ2v) is 8.86. The van der Waals surface area contributed by atoms with Crippen molar-refractivity contribution in [2.45, 2.75) is 11.9 Å². The predicted molar refractivity (Wildman–Crippen MR) is 136 cm³/mol. The molecule has 1 aliphatic rings. The van der Waals surface area contributed by atoms with Crippen LogP contribution in [-0.2, 0) is 11.3 Å². The molecule has 3 amide bonds. The maximum atomic E-state index is 12.9. The van der Waals surface area contributed by atoms with E-state index >= 15 is 0 Å². The quantitative estimate of drug-likeness (QED) is 0.470. The first-order valence-corrected chi connectivity index (χ1v) is 12.0. The predicted octanol–water partition coefficient (Wildman–Crippen LogP) is 4.63. The van der Waals surface area contributed by atoms with Gasteiger partial charge in [-0.2, -0.15) is 0 Å². The Hall–Kier alpha value is -3.84. The van der Waals surface area contributed by atoms with Crippen LogP contribution in [-0.4, -0.2) is 34.9 Å². The first-order valence-electron chi connectivity index (χ1n) is 10.9. The number of hydrogen-bond acceptors (Lipinski definition) is 4. The number of amides is 3. The number of benzene rings is 3. The molecular weight excluding hydrogens is 446 g/mol. The lowest BCUT2D eigenvalue weighted by Gasteiger charge is -2.24. The van der Waals surface area contributed by atoms with Crippen LogP contribution >= 0.6 is 11.8 Å². The van der Waals surface area contributed by atoms with Gasteiger partial charge >= 0.3 is 0 Å². The van der Waals surface area contributed by atoms with Crippen molar-refractivity contribution in [3.05, 3.63) is 114 Å². The monoisotopic (exact) mass is 471 g/mol. The maximum absolute atomic E-state index is 12.9. The summed E-state index contributed by atoms with van der Waals surface area (Å²) in [6.45, 7) is 4.48. The lowest BCUT2D eigenvalue weighted by molar-refractivity contribution is -0.128. The Bertz CT molecular complexity index is 1200. The zero-order valence-corrected chi connectivity index (χ0v) is 19.4. The molecule has 0 aromatic heterocycles. The van der Waals surface area contributed by atoms with Gasteiger partial charge in [0.05, 0.1) is 17.0 Å². The summed E-state index contributed by atoms with van der Waals surface area (Å²) in [5.41, 5.74) is 3.33. The molecule has 3 aromatic carbocycles. The highest BCUT2D eigenvalue weighted by Crippen LogP contribution is 2.39. The van der Waals surface area contributed by atoms with Gasteiger partial charge in [-0.1, -0.05) is 60.7 Å². The molecule has 1 fully saturated rings. The number of nitrogens with zero attached hydrogens (tertiary/aromatic N) is 1. The van der Waals surface area contributed by atoms with Crippen LogP contribution in [0.5, 0.6) is 0 Å². The van der Waals surface area contributed by atoms with Crippen molar-refractivity contribution in [1.82, 2.24) is 10.2 Å². The number of nitrogens with one attached hydrogen (secondary N) is 2. The minimum absolute atomic E-state index is 0.0981. The molecule has 1 heterocycles. The van der Waals surface area contributed by atoms with E-state index in [0.717, 1.165) is 11.1 Å². The van der Waals surface area contributed by atoms with Crippen LogP contribution in [0.3, 0.4) is 0 Å². The van der Waals surface area contributed by atoms with Crippen molar-refractivity contribution >= 4 is 35.2 Å². The summed E-state index contributed by atoms with van der Waals surface area (Å²) in [5, 5.41) is 5.45. The number of carbonyl (C=O) groups is 3. The molecule has 0 radical (unpaired) electrons. The highest BCUT2D eigenvalue weighted by Gasteiger charge is 2.32. The van der Waals surface area contributed by atoms with Crippen LogP contribution in [0, 0.1) is 0 Å². The Morgan fingerprint density at radius 2 is 1.68 bits per heavy atom. The van der Waals surface area contributed by atoms with Crippen LogP contribution in [0.2, 0.25) is 0 Å². The minimum atomic E-state index is -0.313. The van der Waals surface area contributed by atoms with Crippen molar-refractivity contribution in [3.8, 4) is 0 Å². The zero-order chi connectivity index (χ0) is 23.9. The first kappa shape index (κ1) is 23.3. The van der Waals surface area contributed by atoms with E-state index in [2.05, 4.69) is 17.2 Å². The molecule has 0 aliphatic carbocycles. The Morgan fingerprint density at radius 3 is 2.41 bits per heavy atom. The van der Waals surface area contributed by atoms with Gasteiger partial charge in [0.25, 0.3) is 11.8 Å². The lowest BCUT2D eigenvalue weighted by atomic mass is 10.1. The van der Waals surface area contributed by atoms with E-state index in [4.69, 9.17) is 0 Å². The molecule has 172 valence electrons. The largest absolute Gasteiger partial charge is 0.349 e. The summed E-state index contributed by atoms with van der Waals surface area (Å²) in [4.78, 5) is 39.6. The molecule has 1 atom stereocenters. The first-order chi connectivity index (χ1) is 16.6. The molecule has 3 aromatic rings.